The summed E-state index contributed by atoms with van der Waals surface area (Å²) in [5.74, 6) is -1.95. The lowest BCUT2D eigenvalue weighted by Gasteiger charge is -2.45. The maximum absolute atomic E-state index is 13.0. The molecule has 3 N–H and O–H groups in total. The minimum absolute atomic E-state index is 0.0110. The highest BCUT2D eigenvalue weighted by Gasteiger charge is 2.41. The first-order valence-corrected chi connectivity index (χ1v) is 12.8. The monoisotopic (exact) mass is 518 g/mol. The van der Waals surface area contributed by atoms with E-state index in [0.717, 1.165) is 24.9 Å². The number of nitrogens with zero attached hydrogens (tertiary/aromatic N) is 3. The van der Waals surface area contributed by atoms with Crippen LogP contribution in [0.1, 0.15) is 48.9 Å². The van der Waals surface area contributed by atoms with Crippen LogP contribution in [0.25, 0.3) is 10.9 Å². The molecule has 9 heteroatoms. The lowest BCUT2D eigenvalue weighted by molar-refractivity contribution is -0.134. The van der Waals surface area contributed by atoms with Crippen molar-refractivity contribution in [2.45, 2.75) is 51.2 Å². The van der Waals surface area contributed by atoms with Crippen molar-refractivity contribution in [2.24, 2.45) is 5.92 Å². The van der Waals surface area contributed by atoms with E-state index in [1.807, 2.05) is 18.3 Å². The van der Waals surface area contributed by atoms with Gasteiger partial charge in [-0.2, -0.15) is 0 Å². The number of piperidine rings is 1. The number of nitrogens with one attached hydrogen (secondary N) is 1. The standard InChI is InChI=1S/C25H30N4O.C4H4O4/c1-16(2)29-15-18-11-23-21(20-7-4-8-22(29)24(18)20)10-19(14-28(23)3)25(30)27-13-17-6-5-9-26-12-17;5-3(6)1-2-4(7)8/h4-9,12,15-16,19,21,23H,10-11,13-14H2,1-3H3,(H,27,30);1-2H,(H,5,6)(H,7,8)/b;2-1-/t19-,21-,23-;/m1./s1. The van der Waals surface area contributed by atoms with Crippen LogP contribution in [0.2, 0.25) is 0 Å². The van der Waals surface area contributed by atoms with E-state index in [1.54, 1.807) is 6.20 Å². The second kappa shape index (κ2) is 11.6. The van der Waals surface area contributed by atoms with E-state index < -0.39 is 11.9 Å². The molecule has 0 saturated carbocycles. The number of carboxylic acid groups (broad SMARTS) is 2. The number of rotatable bonds is 6. The van der Waals surface area contributed by atoms with Gasteiger partial charge in [0, 0.05) is 72.7 Å². The highest BCUT2D eigenvalue weighted by atomic mass is 16.4. The largest absolute Gasteiger partial charge is 0.478 e. The van der Waals surface area contributed by atoms with Crippen LogP contribution < -0.4 is 5.32 Å². The van der Waals surface area contributed by atoms with Crippen molar-refractivity contribution in [2.75, 3.05) is 13.6 Å². The van der Waals surface area contributed by atoms with Gasteiger partial charge < -0.3 is 25.0 Å². The van der Waals surface area contributed by atoms with Gasteiger partial charge in [0.1, 0.15) is 0 Å². The maximum Gasteiger partial charge on any atom is 0.328 e. The first kappa shape index (κ1) is 27.1. The zero-order valence-electron chi connectivity index (χ0n) is 21.9. The molecule has 1 aliphatic heterocycles. The molecule has 1 fully saturated rings. The third-order valence-corrected chi connectivity index (χ3v) is 7.36. The summed E-state index contributed by atoms with van der Waals surface area (Å²) < 4.78 is 2.41. The van der Waals surface area contributed by atoms with Gasteiger partial charge in [-0.05, 0) is 62.6 Å². The van der Waals surface area contributed by atoms with Crippen molar-refractivity contribution in [3.8, 4) is 0 Å². The molecule has 3 aromatic rings. The number of carbonyl (C=O) groups excluding carboxylic acids is 1. The van der Waals surface area contributed by atoms with Crippen LogP contribution in [-0.2, 0) is 27.3 Å². The number of likely N-dealkylation sites (N-methyl/N-ethyl adjacent to an activating group) is 1. The quantitative estimate of drug-likeness (QED) is 0.426. The topological polar surface area (TPSA) is 125 Å². The minimum atomic E-state index is -1.26. The normalized spacial score (nSPS) is 20.6. The maximum atomic E-state index is 13.0. The third-order valence-electron chi connectivity index (χ3n) is 7.36. The molecule has 1 saturated heterocycles. The number of carbonyl (C=O) groups is 3. The van der Waals surface area contributed by atoms with E-state index in [9.17, 15) is 14.4 Å². The molecule has 3 heterocycles. The lowest BCUT2D eigenvalue weighted by Crippen LogP contribution is -2.51. The number of carboxylic acids is 2. The van der Waals surface area contributed by atoms with Crippen LogP contribution in [0, 0.1) is 5.92 Å². The molecule has 9 nitrogen and oxygen atoms in total. The molecule has 38 heavy (non-hydrogen) atoms. The Bertz CT molecular complexity index is 1330. The first-order valence-electron chi connectivity index (χ1n) is 12.8. The van der Waals surface area contributed by atoms with E-state index in [1.165, 1.54) is 22.0 Å². The zero-order valence-corrected chi connectivity index (χ0v) is 21.9. The molecule has 5 rings (SSSR count). The van der Waals surface area contributed by atoms with E-state index in [2.05, 4.69) is 65.1 Å². The Labute approximate surface area is 221 Å². The Morgan fingerprint density at radius 1 is 1.13 bits per heavy atom. The molecule has 0 unspecified atom stereocenters. The molecular formula is C29H34N4O5. The van der Waals surface area contributed by atoms with Crippen molar-refractivity contribution in [1.29, 1.82) is 0 Å². The Morgan fingerprint density at radius 2 is 1.87 bits per heavy atom. The van der Waals surface area contributed by atoms with Gasteiger partial charge in [-0.1, -0.05) is 18.2 Å². The van der Waals surface area contributed by atoms with Gasteiger partial charge in [-0.25, -0.2) is 9.59 Å². The molecule has 0 bridgehead atoms. The lowest BCUT2D eigenvalue weighted by atomic mass is 9.72. The van der Waals surface area contributed by atoms with Crippen LogP contribution in [0.5, 0.6) is 0 Å². The van der Waals surface area contributed by atoms with Gasteiger partial charge in [-0.15, -0.1) is 0 Å². The van der Waals surface area contributed by atoms with E-state index in [4.69, 9.17) is 10.2 Å². The van der Waals surface area contributed by atoms with E-state index >= 15 is 0 Å². The second-order valence-corrected chi connectivity index (χ2v) is 10.2. The van der Waals surface area contributed by atoms with Crippen molar-refractivity contribution < 1.29 is 24.6 Å². The Kier molecular flexibility index (Phi) is 8.26. The van der Waals surface area contributed by atoms with Crippen LogP contribution in [-0.4, -0.2) is 62.1 Å². The molecule has 1 amide bonds. The Balaban J connectivity index is 0.000000368. The molecule has 0 radical (unpaired) electrons. The molecule has 2 aliphatic rings. The molecule has 1 aromatic carbocycles. The van der Waals surface area contributed by atoms with E-state index in [0.29, 0.717) is 36.7 Å². The van der Waals surface area contributed by atoms with Crippen LogP contribution >= 0.6 is 0 Å². The Morgan fingerprint density at radius 3 is 2.50 bits per heavy atom. The summed E-state index contributed by atoms with van der Waals surface area (Å²) in [6.07, 6.45) is 9.02. The molecule has 0 spiro atoms. The van der Waals surface area contributed by atoms with Gasteiger partial charge in [0.15, 0.2) is 0 Å². The van der Waals surface area contributed by atoms with Crippen LogP contribution in [0.4, 0.5) is 0 Å². The number of pyridine rings is 1. The second-order valence-electron chi connectivity index (χ2n) is 10.2. The third kappa shape index (κ3) is 5.94. The average molecular weight is 519 g/mol. The Hall–Kier alpha value is -3.98. The molecule has 3 atom stereocenters. The van der Waals surface area contributed by atoms with Gasteiger partial charge in [0.25, 0.3) is 0 Å². The summed E-state index contributed by atoms with van der Waals surface area (Å²) in [7, 11) is 2.18. The molecule has 2 aromatic heterocycles. The van der Waals surface area contributed by atoms with Crippen LogP contribution in [0.15, 0.2) is 61.1 Å². The summed E-state index contributed by atoms with van der Waals surface area (Å²) in [5, 5.41) is 20.2. The number of hydrogen-bond acceptors (Lipinski definition) is 5. The van der Waals surface area contributed by atoms with Gasteiger partial charge >= 0.3 is 11.9 Å². The molecule has 1 aliphatic carbocycles. The molecule has 200 valence electrons. The number of hydrogen-bond donors (Lipinski definition) is 3. The SMILES string of the molecule is CC(C)n1cc2c3c(cccc31)[C@H]1C[C@@H](C(=O)NCc3cccnc3)CN(C)[C@@H]1C2.O=C(O)/C=C\C(=O)O. The van der Waals surface area contributed by atoms with Crippen molar-refractivity contribution in [3.05, 3.63) is 77.8 Å². The summed E-state index contributed by atoms with van der Waals surface area (Å²) in [6, 6.07) is 11.5. The van der Waals surface area contributed by atoms with Gasteiger partial charge in [0.2, 0.25) is 5.91 Å². The van der Waals surface area contributed by atoms with Crippen LogP contribution in [0.3, 0.4) is 0 Å². The number of likely N-dealkylation sites (tertiary alicyclic amines) is 1. The summed E-state index contributed by atoms with van der Waals surface area (Å²) in [6.45, 7) is 5.85. The summed E-state index contributed by atoms with van der Waals surface area (Å²) in [5.41, 5.74) is 5.26. The van der Waals surface area contributed by atoms with Gasteiger partial charge in [-0.3, -0.25) is 9.78 Å². The predicted octanol–water partition coefficient (Wildman–Crippen LogP) is 3.61. The smallest absolute Gasteiger partial charge is 0.328 e. The number of aromatic nitrogens is 2. The fourth-order valence-corrected chi connectivity index (χ4v) is 5.67. The van der Waals surface area contributed by atoms with Crippen molar-refractivity contribution in [1.82, 2.24) is 19.8 Å². The average Bonchev–Trinajstić information content (AvgIpc) is 3.27. The van der Waals surface area contributed by atoms with Crippen molar-refractivity contribution in [3.63, 3.8) is 0 Å². The number of amides is 1. The highest BCUT2D eigenvalue weighted by molar-refractivity contribution is 5.90. The number of benzene rings is 1. The minimum Gasteiger partial charge on any atom is -0.478 e. The highest BCUT2D eigenvalue weighted by Crippen LogP contribution is 2.45. The zero-order chi connectivity index (χ0) is 27.4. The first-order chi connectivity index (χ1) is 18.2. The summed E-state index contributed by atoms with van der Waals surface area (Å²) >= 11 is 0. The van der Waals surface area contributed by atoms with E-state index in [-0.39, 0.29) is 11.8 Å². The predicted molar refractivity (Wildman–Crippen MR) is 144 cm³/mol. The number of fused-ring (bicyclic) bond motifs is 2. The number of aliphatic carboxylic acids is 2. The fraction of sp³-hybridized carbons (Fsp3) is 0.379. The fourth-order valence-electron chi connectivity index (χ4n) is 5.67. The van der Waals surface area contributed by atoms with Gasteiger partial charge in [0.05, 0.1) is 5.92 Å². The van der Waals surface area contributed by atoms with Crippen molar-refractivity contribution >= 4 is 28.7 Å². The summed E-state index contributed by atoms with van der Waals surface area (Å²) in [4.78, 5) is 38.7. The molecular weight excluding hydrogens is 484 g/mol.